The van der Waals surface area contributed by atoms with E-state index in [0.29, 0.717) is 11.4 Å². The topological polar surface area (TPSA) is 117 Å². The maximum absolute atomic E-state index is 12.4. The third kappa shape index (κ3) is 4.63. The molecule has 0 spiro atoms. The number of rotatable bonds is 7. The van der Waals surface area contributed by atoms with E-state index in [9.17, 15) is 19.5 Å². The number of fused-ring (bicyclic) bond motifs is 1. The minimum atomic E-state index is -1.17. The van der Waals surface area contributed by atoms with Gasteiger partial charge in [-0.1, -0.05) is 23.9 Å². The number of aliphatic carboxylic acids is 1. The van der Waals surface area contributed by atoms with Crippen molar-refractivity contribution in [3.05, 3.63) is 53.6 Å². The van der Waals surface area contributed by atoms with Crippen molar-refractivity contribution in [3.8, 4) is 0 Å². The second-order valence-electron chi connectivity index (χ2n) is 5.46. The SMILES string of the molecule is O=C(O)CCSc1nc2ccc(NC(=O)c3ccccc3C(=O)O)cc2s1. The zero-order chi connectivity index (χ0) is 19.4. The van der Waals surface area contributed by atoms with Crippen molar-refractivity contribution >= 4 is 56.8 Å². The Balaban J connectivity index is 1.76. The van der Waals surface area contributed by atoms with Crippen molar-refractivity contribution in [2.45, 2.75) is 10.8 Å². The third-order valence-corrected chi connectivity index (χ3v) is 5.73. The zero-order valence-corrected chi connectivity index (χ0v) is 15.5. The molecule has 7 nitrogen and oxygen atoms in total. The summed E-state index contributed by atoms with van der Waals surface area (Å²) in [5, 5.41) is 20.6. The van der Waals surface area contributed by atoms with Crippen molar-refractivity contribution in [2.24, 2.45) is 0 Å². The van der Waals surface area contributed by atoms with Crippen LogP contribution in [0.5, 0.6) is 0 Å². The molecule has 3 rings (SSSR count). The van der Waals surface area contributed by atoms with Crippen LogP contribution in [0.25, 0.3) is 10.2 Å². The first kappa shape index (κ1) is 18.9. The minimum Gasteiger partial charge on any atom is -0.481 e. The number of aromatic carboxylic acids is 1. The molecule has 0 aliphatic heterocycles. The smallest absolute Gasteiger partial charge is 0.336 e. The Kier molecular flexibility index (Phi) is 5.72. The second-order valence-corrected chi connectivity index (χ2v) is 7.83. The van der Waals surface area contributed by atoms with Gasteiger partial charge in [-0.2, -0.15) is 0 Å². The second kappa shape index (κ2) is 8.19. The number of carboxylic acids is 2. The summed E-state index contributed by atoms with van der Waals surface area (Å²) >= 11 is 2.78. The van der Waals surface area contributed by atoms with Gasteiger partial charge in [-0.05, 0) is 30.3 Å². The van der Waals surface area contributed by atoms with E-state index in [1.807, 2.05) is 0 Å². The van der Waals surface area contributed by atoms with Gasteiger partial charge in [0.15, 0.2) is 4.34 Å². The molecule has 0 aliphatic rings. The molecule has 9 heteroatoms. The first-order valence-electron chi connectivity index (χ1n) is 7.83. The van der Waals surface area contributed by atoms with Crippen LogP contribution < -0.4 is 5.32 Å². The van der Waals surface area contributed by atoms with Crippen molar-refractivity contribution in [2.75, 3.05) is 11.1 Å². The molecule has 0 unspecified atom stereocenters. The number of thiazole rings is 1. The Hall–Kier alpha value is -2.91. The molecule has 3 N–H and O–H groups in total. The van der Waals surface area contributed by atoms with Crippen molar-refractivity contribution in [3.63, 3.8) is 0 Å². The van der Waals surface area contributed by atoms with E-state index in [1.165, 1.54) is 35.2 Å². The van der Waals surface area contributed by atoms with E-state index in [0.717, 1.165) is 14.6 Å². The fraction of sp³-hybridized carbons (Fsp3) is 0.111. The van der Waals surface area contributed by atoms with Crippen LogP contribution in [0.2, 0.25) is 0 Å². The van der Waals surface area contributed by atoms with Crippen LogP contribution in [0.1, 0.15) is 27.1 Å². The molecule has 2 aromatic carbocycles. The molecule has 0 fully saturated rings. The van der Waals surface area contributed by atoms with Gasteiger partial charge in [0, 0.05) is 11.4 Å². The van der Waals surface area contributed by atoms with Gasteiger partial charge in [0.2, 0.25) is 0 Å². The van der Waals surface area contributed by atoms with Gasteiger partial charge < -0.3 is 15.5 Å². The summed E-state index contributed by atoms with van der Waals surface area (Å²) in [4.78, 5) is 38.7. The first-order valence-corrected chi connectivity index (χ1v) is 9.63. The molecule has 0 radical (unpaired) electrons. The van der Waals surface area contributed by atoms with Gasteiger partial charge in [0.25, 0.3) is 5.91 Å². The van der Waals surface area contributed by atoms with Gasteiger partial charge in [0.1, 0.15) is 0 Å². The summed E-state index contributed by atoms with van der Waals surface area (Å²) in [6.45, 7) is 0. The predicted octanol–water partition coefficient (Wildman–Crippen LogP) is 3.81. The number of carboxylic acid groups (broad SMARTS) is 2. The molecular weight excluding hydrogens is 388 g/mol. The van der Waals surface area contributed by atoms with E-state index in [1.54, 1.807) is 30.3 Å². The van der Waals surface area contributed by atoms with Crippen LogP contribution in [-0.2, 0) is 4.79 Å². The molecule has 27 heavy (non-hydrogen) atoms. The average Bonchev–Trinajstić information content (AvgIpc) is 3.03. The van der Waals surface area contributed by atoms with E-state index in [2.05, 4.69) is 10.3 Å². The molecule has 0 atom stereocenters. The predicted molar refractivity (Wildman–Crippen MR) is 104 cm³/mol. The number of aromatic nitrogens is 1. The van der Waals surface area contributed by atoms with Gasteiger partial charge in [-0.3, -0.25) is 9.59 Å². The average molecular weight is 402 g/mol. The van der Waals surface area contributed by atoms with Crippen molar-refractivity contribution < 1.29 is 24.6 Å². The largest absolute Gasteiger partial charge is 0.481 e. The highest BCUT2D eigenvalue weighted by Gasteiger charge is 2.16. The maximum Gasteiger partial charge on any atom is 0.336 e. The molecule has 138 valence electrons. The number of nitrogens with zero attached hydrogens (tertiary/aromatic N) is 1. The van der Waals surface area contributed by atoms with Gasteiger partial charge in [-0.15, -0.1) is 11.3 Å². The molecule has 0 saturated heterocycles. The Morgan fingerprint density at radius 2 is 1.81 bits per heavy atom. The summed E-state index contributed by atoms with van der Waals surface area (Å²) in [5.41, 5.74) is 1.30. The minimum absolute atomic E-state index is 0.0604. The number of hydrogen-bond donors (Lipinski definition) is 3. The number of nitrogens with one attached hydrogen (secondary N) is 1. The summed E-state index contributed by atoms with van der Waals surface area (Å²) in [7, 11) is 0. The lowest BCUT2D eigenvalue weighted by atomic mass is 10.1. The molecule has 0 saturated carbocycles. The summed E-state index contributed by atoms with van der Waals surface area (Å²) < 4.78 is 1.60. The van der Waals surface area contributed by atoms with Crippen LogP contribution in [0, 0.1) is 0 Å². The Bertz CT molecular complexity index is 1030. The lowest BCUT2D eigenvalue weighted by molar-refractivity contribution is -0.136. The number of hydrogen-bond acceptors (Lipinski definition) is 6. The number of thioether (sulfide) groups is 1. The highest BCUT2D eigenvalue weighted by Crippen LogP contribution is 2.31. The van der Waals surface area contributed by atoms with Gasteiger partial charge in [0.05, 0.1) is 27.8 Å². The van der Waals surface area contributed by atoms with E-state index >= 15 is 0 Å². The van der Waals surface area contributed by atoms with E-state index in [-0.39, 0.29) is 17.5 Å². The molecule has 3 aromatic rings. The highest BCUT2D eigenvalue weighted by atomic mass is 32.2. The van der Waals surface area contributed by atoms with Gasteiger partial charge >= 0.3 is 11.9 Å². The summed E-state index contributed by atoms with van der Waals surface area (Å²) in [6.07, 6.45) is 0.0604. The molecule has 0 bridgehead atoms. The lowest BCUT2D eigenvalue weighted by Gasteiger charge is -2.07. The number of carbonyl (C=O) groups is 3. The number of carbonyl (C=O) groups excluding carboxylic acids is 1. The van der Waals surface area contributed by atoms with Crippen LogP contribution in [0.15, 0.2) is 46.8 Å². The normalized spacial score (nSPS) is 10.7. The molecule has 1 amide bonds. The van der Waals surface area contributed by atoms with Crippen LogP contribution in [0.3, 0.4) is 0 Å². The Morgan fingerprint density at radius 3 is 2.52 bits per heavy atom. The van der Waals surface area contributed by atoms with Crippen molar-refractivity contribution in [1.82, 2.24) is 4.98 Å². The first-order chi connectivity index (χ1) is 12.9. The van der Waals surface area contributed by atoms with Crippen LogP contribution in [0.4, 0.5) is 5.69 Å². The van der Waals surface area contributed by atoms with E-state index < -0.39 is 17.8 Å². The van der Waals surface area contributed by atoms with Crippen LogP contribution in [-0.4, -0.2) is 38.8 Å². The fourth-order valence-corrected chi connectivity index (χ4v) is 4.44. The highest BCUT2D eigenvalue weighted by molar-refractivity contribution is 8.01. The van der Waals surface area contributed by atoms with E-state index in [4.69, 9.17) is 5.11 Å². The quantitative estimate of drug-likeness (QED) is 0.514. The molecule has 1 aromatic heterocycles. The number of anilines is 1. The third-order valence-electron chi connectivity index (χ3n) is 3.57. The van der Waals surface area contributed by atoms with Gasteiger partial charge in [-0.25, -0.2) is 9.78 Å². The summed E-state index contributed by atoms with van der Waals surface area (Å²) in [5.74, 6) is -2.09. The maximum atomic E-state index is 12.4. The number of amides is 1. The standard InChI is InChI=1S/C18H14N2O5S2/c21-15(22)7-8-26-18-20-13-6-5-10(9-14(13)27-18)19-16(23)11-3-1-2-4-12(11)17(24)25/h1-6,9H,7-8H2,(H,19,23)(H,21,22)(H,24,25). The molecule has 1 heterocycles. The molecular formula is C18H14N2O5S2. The Labute approximate surface area is 162 Å². The zero-order valence-electron chi connectivity index (χ0n) is 13.8. The lowest BCUT2D eigenvalue weighted by Crippen LogP contribution is -2.16. The Morgan fingerprint density at radius 1 is 1.07 bits per heavy atom. The molecule has 0 aliphatic carbocycles. The fourth-order valence-electron chi connectivity index (χ4n) is 2.33. The summed E-state index contributed by atoms with van der Waals surface area (Å²) in [6, 6.07) is 11.2. The number of benzene rings is 2. The monoisotopic (exact) mass is 402 g/mol. The van der Waals surface area contributed by atoms with Crippen molar-refractivity contribution in [1.29, 1.82) is 0 Å². The van der Waals surface area contributed by atoms with Crippen LogP contribution >= 0.6 is 23.1 Å².